The molecule has 0 spiro atoms. The van der Waals surface area contributed by atoms with Crippen LogP contribution in [0.5, 0.6) is 5.75 Å². The summed E-state index contributed by atoms with van der Waals surface area (Å²) >= 11 is 5.94. The third kappa shape index (κ3) is 3.53. The van der Waals surface area contributed by atoms with Crippen LogP contribution in [0.15, 0.2) is 48.5 Å². The maximum Gasteiger partial charge on any atom is 0.139 e. The van der Waals surface area contributed by atoms with Crippen LogP contribution in [0.3, 0.4) is 0 Å². The van der Waals surface area contributed by atoms with E-state index in [9.17, 15) is 0 Å². The number of aryl methyl sites for hydroxylation is 1. The predicted octanol–water partition coefficient (Wildman–Crippen LogP) is 4.51. The van der Waals surface area contributed by atoms with Crippen molar-refractivity contribution in [2.75, 3.05) is 0 Å². The van der Waals surface area contributed by atoms with Gasteiger partial charge in [-0.05, 0) is 42.7 Å². The molecule has 106 valence electrons. The Bertz CT molecular complexity index is 553. The summed E-state index contributed by atoms with van der Waals surface area (Å²) in [5, 5.41) is 0.716. The Hall–Kier alpha value is -1.51. The Morgan fingerprint density at radius 2 is 1.75 bits per heavy atom. The van der Waals surface area contributed by atoms with Gasteiger partial charge in [-0.25, -0.2) is 0 Å². The van der Waals surface area contributed by atoms with Gasteiger partial charge in [0, 0.05) is 11.1 Å². The van der Waals surface area contributed by atoms with Crippen molar-refractivity contribution in [3.8, 4) is 5.75 Å². The summed E-state index contributed by atoms with van der Waals surface area (Å²) in [7, 11) is 0. The second-order valence-electron chi connectivity index (χ2n) is 4.93. The summed E-state index contributed by atoms with van der Waals surface area (Å²) in [5.74, 6) is 0.872. The largest absolute Gasteiger partial charge is 0.484 e. The molecular weight excluding hydrogens is 270 g/mol. The molecule has 0 aliphatic carbocycles. The van der Waals surface area contributed by atoms with E-state index in [2.05, 4.69) is 6.92 Å². The first kappa shape index (κ1) is 14.9. The van der Waals surface area contributed by atoms with E-state index in [1.807, 2.05) is 55.5 Å². The van der Waals surface area contributed by atoms with Gasteiger partial charge in [-0.1, -0.05) is 48.9 Å². The van der Waals surface area contributed by atoms with Crippen molar-refractivity contribution in [1.82, 2.24) is 0 Å². The molecule has 0 radical (unpaired) electrons. The maximum atomic E-state index is 6.23. The van der Waals surface area contributed by atoms with Crippen molar-refractivity contribution in [2.45, 2.75) is 32.4 Å². The van der Waals surface area contributed by atoms with Crippen LogP contribution in [0.2, 0.25) is 5.02 Å². The van der Waals surface area contributed by atoms with E-state index in [1.54, 1.807) is 0 Å². The van der Waals surface area contributed by atoms with E-state index in [0.717, 1.165) is 23.3 Å². The molecule has 0 aliphatic rings. The summed E-state index contributed by atoms with van der Waals surface area (Å²) in [5.41, 5.74) is 8.38. The number of rotatable bonds is 5. The van der Waals surface area contributed by atoms with Gasteiger partial charge in [-0.15, -0.1) is 0 Å². The lowest BCUT2D eigenvalue weighted by molar-refractivity contribution is 0.170. The average Bonchev–Trinajstić information content (AvgIpc) is 2.47. The van der Waals surface area contributed by atoms with Gasteiger partial charge >= 0.3 is 0 Å². The highest BCUT2D eigenvalue weighted by molar-refractivity contribution is 6.30. The summed E-state index contributed by atoms with van der Waals surface area (Å²) in [6, 6.07) is 15.6. The number of hydrogen-bond donors (Lipinski definition) is 1. The topological polar surface area (TPSA) is 35.2 Å². The molecule has 0 heterocycles. The Morgan fingerprint density at radius 1 is 1.10 bits per heavy atom. The molecule has 0 aromatic heterocycles. The van der Waals surface area contributed by atoms with Gasteiger partial charge in [0.15, 0.2) is 0 Å². The zero-order chi connectivity index (χ0) is 14.5. The number of hydrogen-bond acceptors (Lipinski definition) is 2. The van der Waals surface area contributed by atoms with Crippen molar-refractivity contribution in [3.05, 3.63) is 64.7 Å². The van der Waals surface area contributed by atoms with E-state index < -0.39 is 0 Å². The molecule has 3 heteroatoms. The molecule has 2 nitrogen and oxygen atoms in total. The summed E-state index contributed by atoms with van der Waals surface area (Å²) in [6.07, 6.45) is 0.678. The highest BCUT2D eigenvalue weighted by Crippen LogP contribution is 2.28. The van der Waals surface area contributed by atoms with Crippen LogP contribution < -0.4 is 10.5 Å². The molecule has 20 heavy (non-hydrogen) atoms. The third-order valence-corrected chi connectivity index (χ3v) is 3.66. The van der Waals surface area contributed by atoms with Gasteiger partial charge in [0.05, 0.1) is 0 Å². The van der Waals surface area contributed by atoms with Crippen molar-refractivity contribution in [2.24, 2.45) is 5.73 Å². The van der Waals surface area contributed by atoms with Gasteiger partial charge in [-0.2, -0.15) is 0 Å². The molecule has 2 aromatic carbocycles. The van der Waals surface area contributed by atoms with Gasteiger partial charge < -0.3 is 10.5 Å². The molecule has 0 amide bonds. The van der Waals surface area contributed by atoms with Crippen molar-refractivity contribution in [3.63, 3.8) is 0 Å². The van der Waals surface area contributed by atoms with Gasteiger partial charge in [0.2, 0.25) is 0 Å². The quantitative estimate of drug-likeness (QED) is 0.879. The zero-order valence-corrected chi connectivity index (χ0v) is 12.6. The summed E-state index contributed by atoms with van der Waals surface area (Å²) < 4.78 is 6.16. The molecule has 0 bridgehead atoms. The lowest BCUT2D eigenvalue weighted by Gasteiger charge is -2.25. The molecule has 0 fully saturated rings. The van der Waals surface area contributed by atoms with Crippen LogP contribution in [-0.2, 0) is 0 Å². The smallest absolute Gasteiger partial charge is 0.139 e. The van der Waals surface area contributed by atoms with Crippen molar-refractivity contribution in [1.29, 1.82) is 0 Å². The fourth-order valence-corrected chi connectivity index (χ4v) is 2.22. The van der Waals surface area contributed by atoms with E-state index in [-0.39, 0.29) is 12.1 Å². The van der Waals surface area contributed by atoms with Crippen molar-refractivity contribution >= 4 is 11.6 Å². The standard InChI is InChI=1S/C17H20ClNO/c1-3-15(19)17(13-8-10-14(18)11-9-13)20-16-7-5-4-6-12(16)2/h4-11,15,17H,3,19H2,1-2H3. The fourth-order valence-electron chi connectivity index (χ4n) is 2.09. The lowest BCUT2D eigenvalue weighted by atomic mass is 10.0. The maximum absolute atomic E-state index is 6.23. The minimum absolute atomic E-state index is 0.0595. The van der Waals surface area contributed by atoms with E-state index >= 15 is 0 Å². The van der Waals surface area contributed by atoms with Crippen LogP contribution in [-0.4, -0.2) is 6.04 Å². The molecule has 2 atom stereocenters. The number of para-hydroxylation sites is 1. The molecule has 2 aromatic rings. The Kier molecular flexibility index (Phi) is 5.05. The second kappa shape index (κ2) is 6.78. The van der Waals surface area contributed by atoms with Gasteiger partial charge in [0.25, 0.3) is 0 Å². The minimum atomic E-state index is -0.168. The molecular formula is C17H20ClNO. The van der Waals surface area contributed by atoms with Gasteiger partial charge in [-0.3, -0.25) is 0 Å². The molecule has 2 unspecified atom stereocenters. The first-order valence-electron chi connectivity index (χ1n) is 6.85. The highest BCUT2D eigenvalue weighted by Gasteiger charge is 2.21. The van der Waals surface area contributed by atoms with Crippen LogP contribution >= 0.6 is 11.6 Å². The number of benzene rings is 2. The zero-order valence-electron chi connectivity index (χ0n) is 11.8. The monoisotopic (exact) mass is 289 g/mol. The van der Waals surface area contributed by atoms with Crippen LogP contribution in [0, 0.1) is 6.92 Å². The molecule has 0 saturated carbocycles. The summed E-state index contributed by atoms with van der Waals surface area (Å²) in [6.45, 7) is 4.10. The van der Waals surface area contributed by atoms with Crippen LogP contribution in [0.4, 0.5) is 0 Å². The molecule has 2 N–H and O–H groups in total. The lowest BCUT2D eigenvalue weighted by Crippen LogP contribution is -2.31. The highest BCUT2D eigenvalue weighted by atomic mass is 35.5. The number of halogens is 1. The number of nitrogens with two attached hydrogens (primary N) is 1. The van der Waals surface area contributed by atoms with Crippen molar-refractivity contribution < 1.29 is 4.74 Å². The normalized spacial score (nSPS) is 13.8. The second-order valence-corrected chi connectivity index (χ2v) is 5.36. The van der Waals surface area contributed by atoms with Crippen LogP contribution in [0.25, 0.3) is 0 Å². The van der Waals surface area contributed by atoms with Gasteiger partial charge in [0.1, 0.15) is 11.9 Å². The van der Waals surface area contributed by atoms with E-state index in [4.69, 9.17) is 22.1 Å². The first-order valence-corrected chi connectivity index (χ1v) is 7.23. The SMILES string of the molecule is CCC(N)C(Oc1ccccc1C)c1ccc(Cl)cc1. The minimum Gasteiger partial charge on any atom is -0.484 e. The molecule has 0 saturated heterocycles. The van der Waals surface area contributed by atoms with E-state index in [1.165, 1.54) is 0 Å². The van der Waals surface area contributed by atoms with E-state index in [0.29, 0.717) is 5.02 Å². The molecule has 2 rings (SSSR count). The predicted molar refractivity (Wildman–Crippen MR) is 84.3 cm³/mol. The number of ether oxygens (including phenoxy) is 1. The molecule has 0 aliphatic heterocycles. The first-order chi connectivity index (χ1) is 9.61. The average molecular weight is 290 g/mol. The summed E-state index contributed by atoms with van der Waals surface area (Å²) in [4.78, 5) is 0. The Labute approximate surface area is 125 Å². The third-order valence-electron chi connectivity index (χ3n) is 3.41. The van der Waals surface area contributed by atoms with Crippen LogP contribution in [0.1, 0.15) is 30.6 Å². The fraction of sp³-hybridized carbons (Fsp3) is 0.294. The Morgan fingerprint density at radius 3 is 2.35 bits per heavy atom. The Balaban J connectivity index is 2.29.